The number of aromatic amines is 1. The second kappa shape index (κ2) is 11.1. The van der Waals surface area contributed by atoms with Gasteiger partial charge in [-0.3, -0.25) is 4.99 Å². The summed E-state index contributed by atoms with van der Waals surface area (Å²) < 4.78 is 6.13. The second-order valence-corrected chi connectivity index (χ2v) is 11.8. The summed E-state index contributed by atoms with van der Waals surface area (Å²) in [7, 11) is 4.16. The molecule has 6 heteroatoms. The highest BCUT2D eigenvalue weighted by molar-refractivity contribution is 6.07. The van der Waals surface area contributed by atoms with E-state index in [0.717, 1.165) is 97.9 Å². The Morgan fingerprint density at radius 2 is 1.48 bits per heavy atom. The van der Waals surface area contributed by atoms with Crippen LogP contribution >= 0.6 is 0 Å². The van der Waals surface area contributed by atoms with E-state index in [-0.39, 0.29) is 0 Å². The van der Waals surface area contributed by atoms with Crippen molar-refractivity contribution in [1.29, 1.82) is 0 Å². The first-order chi connectivity index (χ1) is 20.2. The standard InChI is InChI=1S/C36H38N4O2/c1-21-14-28(15-22(2)34(21)41)32-20-27-9-8-25(18-31(27)37-32)26-10-11-30-33(19-26)39-36(38-30)29-16-23(3)35(24(4)17-29)42-13-7-12-40(5)6/h8-11,14-19,41H,7,12-13,20H2,1-6H3,(H,38,39). The van der Waals surface area contributed by atoms with E-state index in [4.69, 9.17) is 14.7 Å². The van der Waals surface area contributed by atoms with Crippen LogP contribution in [0.4, 0.5) is 5.69 Å². The number of rotatable bonds is 8. The fourth-order valence-electron chi connectivity index (χ4n) is 5.85. The molecular formula is C36H38N4O2. The smallest absolute Gasteiger partial charge is 0.138 e. The highest BCUT2D eigenvalue weighted by atomic mass is 16.5. The van der Waals surface area contributed by atoms with Crippen LogP contribution in [0.1, 0.15) is 39.8 Å². The molecule has 2 heterocycles. The molecule has 5 aromatic rings. The molecule has 1 aliphatic heterocycles. The predicted molar refractivity (Wildman–Crippen MR) is 173 cm³/mol. The maximum atomic E-state index is 10.2. The van der Waals surface area contributed by atoms with Crippen molar-refractivity contribution < 1.29 is 9.84 Å². The van der Waals surface area contributed by atoms with Crippen LogP contribution in [0.25, 0.3) is 33.5 Å². The fraction of sp³-hybridized carbons (Fsp3) is 0.278. The van der Waals surface area contributed by atoms with E-state index in [1.165, 1.54) is 5.56 Å². The number of hydrogen-bond acceptors (Lipinski definition) is 5. The molecule has 0 bridgehead atoms. The molecule has 1 aliphatic rings. The number of aryl methyl sites for hydroxylation is 4. The van der Waals surface area contributed by atoms with Gasteiger partial charge in [0.15, 0.2) is 0 Å². The van der Waals surface area contributed by atoms with Crippen LogP contribution in [-0.4, -0.2) is 52.9 Å². The maximum absolute atomic E-state index is 10.2. The monoisotopic (exact) mass is 558 g/mol. The van der Waals surface area contributed by atoms with Crippen molar-refractivity contribution in [2.45, 2.75) is 40.5 Å². The number of phenolic OH excluding ortho intramolecular Hbond substituents is 1. The van der Waals surface area contributed by atoms with Crippen molar-refractivity contribution >= 4 is 22.4 Å². The van der Waals surface area contributed by atoms with Crippen LogP contribution < -0.4 is 4.74 Å². The Labute approximate surface area is 247 Å². The molecule has 0 radical (unpaired) electrons. The van der Waals surface area contributed by atoms with Gasteiger partial charge >= 0.3 is 0 Å². The summed E-state index contributed by atoms with van der Waals surface area (Å²) in [6.07, 6.45) is 1.79. The van der Waals surface area contributed by atoms with Gasteiger partial charge in [0, 0.05) is 18.5 Å². The summed E-state index contributed by atoms with van der Waals surface area (Å²) in [5.74, 6) is 2.18. The summed E-state index contributed by atoms with van der Waals surface area (Å²) in [6, 6.07) is 21.2. The molecule has 214 valence electrons. The SMILES string of the molecule is Cc1cc(C2=Nc3cc(-c4ccc5nc(-c6cc(C)c(OCCCN(C)C)c(C)c6)[nH]c5c4)ccc3C2)cc(C)c1O. The summed E-state index contributed by atoms with van der Waals surface area (Å²) >= 11 is 0. The number of aliphatic imine (C=N–C) groups is 1. The first-order valence-electron chi connectivity index (χ1n) is 14.6. The van der Waals surface area contributed by atoms with Crippen molar-refractivity contribution in [2.24, 2.45) is 4.99 Å². The highest BCUT2D eigenvalue weighted by Gasteiger charge is 2.19. The van der Waals surface area contributed by atoms with E-state index in [2.05, 4.69) is 86.4 Å². The summed E-state index contributed by atoms with van der Waals surface area (Å²) in [5.41, 5.74) is 13.6. The third-order valence-corrected chi connectivity index (χ3v) is 8.07. The van der Waals surface area contributed by atoms with Crippen molar-refractivity contribution in [1.82, 2.24) is 14.9 Å². The molecular weight excluding hydrogens is 520 g/mol. The van der Waals surface area contributed by atoms with E-state index in [0.29, 0.717) is 12.4 Å². The van der Waals surface area contributed by atoms with Crippen molar-refractivity contribution in [3.63, 3.8) is 0 Å². The van der Waals surface area contributed by atoms with Gasteiger partial charge in [-0.1, -0.05) is 18.2 Å². The van der Waals surface area contributed by atoms with Crippen LogP contribution in [0.2, 0.25) is 0 Å². The van der Waals surface area contributed by atoms with Gasteiger partial charge in [-0.2, -0.15) is 0 Å². The number of aromatic nitrogens is 2. The quantitative estimate of drug-likeness (QED) is 0.190. The van der Waals surface area contributed by atoms with Crippen LogP contribution in [0, 0.1) is 27.7 Å². The number of benzene rings is 4. The van der Waals surface area contributed by atoms with Gasteiger partial charge in [0.2, 0.25) is 0 Å². The van der Waals surface area contributed by atoms with E-state index >= 15 is 0 Å². The molecule has 6 rings (SSSR count). The molecule has 42 heavy (non-hydrogen) atoms. The van der Waals surface area contributed by atoms with Crippen molar-refractivity contribution in [3.05, 3.63) is 94.0 Å². The lowest BCUT2D eigenvalue weighted by Crippen LogP contribution is -2.15. The minimum atomic E-state index is 0.358. The highest BCUT2D eigenvalue weighted by Crippen LogP contribution is 2.36. The van der Waals surface area contributed by atoms with Gasteiger partial charge in [-0.25, -0.2) is 4.98 Å². The Balaban J connectivity index is 1.25. The van der Waals surface area contributed by atoms with Crippen molar-refractivity contribution in [3.8, 4) is 34.0 Å². The number of nitrogens with zero attached hydrogens (tertiary/aromatic N) is 3. The topological polar surface area (TPSA) is 73.7 Å². The van der Waals surface area contributed by atoms with E-state index in [1.54, 1.807) is 0 Å². The van der Waals surface area contributed by atoms with Gasteiger partial charge in [0.1, 0.15) is 17.3 Å². The number of H-pyrrole nitrogens is 1. The Bertz CT molecular complexity index is 1800. The zero-order chi connectivity index (χ0) is 29.5. The molecule has 0 atom stereocenters. The Morgan fingerprint density at radius 1 is 0.810 bits per heavy atom. The number of hydrogen-bond donors (Lipinski definition) is 2. The third kappa shape index (κ3) is 5.42. The number of aromatic hydroxyl groups is 1. The summed E-state index contributed by atoms with van der Waals surface area (Å²) in [5, 5.41) is 10.2. The minimum Gasteiger partial charge on any atom is -0.507 e. The normalized spacial score (nSPS) is 12.7. The molecule has 0 fully saturated rings. The first-order valence-corrected chi connectivity index (χ1v) is 14.6. The van der Waals surface area contributed by atoms with Gasteiger partial charge < -0.3 is 19.7 Å². The molecule has 0 amide bonds. The summed E-state index contributed by atoms with van der Waals surface area (Å²) in [4.78, 5) is 15.6. The molecule has 4 aromatic carbocycles. The van der Waals surface area contributed by atoms with Crippen molar-refractivity contribution in [2.75, 3.05) is 27.2 Å². The zero-order valence-corrected chi connectivity index (χ0v) is 25.3. The predicted octanol–water partition coefficient (Wildman–Crippen LogP) is 7.84. The molecule has 2 N–H and O–H groups in total. The van der Waals surface area contributed by atoms with E-state index in [9.17, 15) is 5.11 Å². The molecule has 0 aliphatic carbocycles. The Kier molecular flexibility index (Phi) is 7.33. The number of nitrogens with one attached hydrogen (secondary N) is 1. The van der Waals surface area contributed by atoms with Crippen LogP contribution in [0.3, 0.4) is 0 Å². The Hall–Kier alpha value is -4.42. The molecule has 0 saturated heterocycles. The first kappa shape index (κ1) is 27.7. The van der Waals surface area contributed by atoms with Gasteiger partial charge in [-0.15, -0.1) is 0 Å². The van der Waals surface area contributed by atoms with Gasteiger partial charge in [-0.05, 0) is 135 Å². The maximum Gasteiger partial charge on any atom is 0.138 e. The zero-order valence-electron chi connectivity index (χ0n) is 25.3. The molecule has 0 saturated carbocycles. The number of imidazole rings is 1. The van der Waals surface area contributed by atoms with E-state index in [1.807, 2.05) is 26.0 Å². The van der Waals surface area contributed by atoms with Crippen LogP contribution in [-0.2, 0) is 6.42 Å². The second-order valence-electron chi connectivity index (χ2n) is 11.8. The average molecular weight is 559 g/mol. The molecule has 0 unspecified atom stereocenters. The van der Waals surface area contributed by atoms with Crippen LogP contribution in [0.5, 0.6) is 11.5 Å². The Morgan fingerprint density at radius 3 is 2.19 bits per heavy atom. The van der Waals surface area contributed by atoms with Crippen LogP contribution in [0.15, 0.2) is 65.7 Å². The number of fused-ring (bicyclic) bond motifs is 2. The minimum absolute atomic E-state index is 0.358. The average Bonchev–Trinajstić information content (AvgIpc) is 3.58. The lowest BCUT2D eigenvalue weighted by Gasteiger charge is -2.15. The van der Waals surface area contributed by atoms with E-state index < -0.39 is 0 Å². The largest absolute Gasteiger partial charge is 0.507 e. The van der Waals surface area contributed by atoms with Gasteiger partial charge in [0.05, 0.1) is 29.0 Å². The third-order valence-electron chi connectivity index (χ3n) is 8.07. The molecule has 0 spiro atoms. The summed E-state index contributed by atoms with van der Waals surface area (Å²) in [6.45, 7) is 9.79. The fourth-order valence-corrected chi connectivity index (χ4v) is 5.85. The lowest BCUT2D eigenvalue weighted by atomic mass is 9.98. The number of phenols is 1. The molecule has 1 aromatic heterocycles. The van der Waals surface area contributed by atoms with Gasteiger partial charge in [0.25, 0.3) is 0 Å². The molecule has 6 nitrogen and oxygen atoms in total. The number of ether oxygens (including phenoxy) is 1. The lowest BCUT2D eigenvalue weighted by molar-refractivity contribution is 0.279.